The van der Waals surface area contributed by atoms with Gasteiger partial charge in [0.15, 0.2) is 6.10 Å². The fourth-order valence-electron chi connectivity index (χ4n) is 5.29. The van der Waals surface area contributed by atoms with E-state index in [-0.39, 0.29) is 17.2 Å². The van der Waals surface area contributed by atoms with Crippen molar-refractivity contribution < 1.29 is 18.7 Å². The predicted molar refractivity (Wildman–Crippen MR) is 82.6 cm³/mol. The number of carbonyl (C=O) groups is 2. The van der Waals surface area contributed by atoms with Crippen molar-refractivity contribution >= 4 is 11.9 Å². The minimum atomic E-state index is -0.805. The van der Waals surface area contributed by atoms with Gasteiger partial charge in [-0.15, -0.1) is 0 Å². The molecule has 4 aliphatic rings. The molecule has 4 fully saturated rings. The summed E-state index contributed by atoms with van der Waals surface area (Å²) in [5, 5.41) is 3.23. The van der Waals surface area contributed by atoms with Crippen LogP contribution in [0.25, 0.3) is 0 Å². The maximum absolute atomic E-state index is 12.5. The zero-order valence-electron chi connectivity index (χ0n) is 13.4. The second-order valence-electron chi connectivity index (χ2n) is 7.71. The molecule has 0 unspecified atom stereocenters. The third kappa shape index (κ3) is 2.77. The standard InChI is InChI=1S/C18H23NO4/c1-11(23-17(21)15-3-2-4-22-15)16(20)19-18-8-12-5-13(9-18)7-14(6-12)10-18/h2-4,11-14H,5-10H2,1H3,(H,19,20)/t11-,12?,13?,14?,18?/m1/s1. The number of nitrogens with one attached hydrogen (secondary N) is 1. The van der Waals surface area contributed by atoms with Crippen LogP contribution in [0.15, 0.2) is 22.8 Å². The minimum absolute atomic E-state index is 0.0584. The molecule has 0 radical (unpaired) electrons. The van der Waals surface area contributed by atoms with Crippen molar-refractivity contribution in [1.82, 2.24) is 5.32 Å². The number of hydrogen-bond acceptors (Lipinski definition) is 4. The van der Waals surface area contributed by atoms with Gasteiger partial charge in [-0.2, -0.15) is 0 Å². The van der Waals surface area contributed by atoms with Crippen LogP contribution in [0.3, 0.4) is 0 Å². The third-order valence-electron chi connectivity index (χ3n) is 5.80. The van der Waals surface area contributed by atoms with Gasteiger partial charge in [-0.05, 0) is 75.3 Å². The zero-order chi connectivity index (χ0) is 16.0. The predicted octanol–water partition coefficient (Wildman–Crippen LogP) is 2.91. The number of amides is 1. The van der Waals surface area contributed by atoms with Gasteiger partial charge in [-0.3, -0.25) is 4.79 Å². The number of hydrogen-bond donors (Lipinski definition) is 1. The quantitative estimate of drug-likeness (QED) is 0.867. The molecule has 1 N–H and O–H groups in total. The Hall–Kier alpha value is -1.78. The summed E-state index contributed by atoms with van der Waals surface area (Å²) in [5.41, 5.74) is -0.0584. The Balaban J connectivity index is 1.39. The second-order valence-corrected chi connectivity index (χ2v) is 7.71. The molecule has 5 nitrogen and oxygen atoms in total. The topological polar surface area (TPSA) is 68.5 Å². The fraction of sp³-hybridized carbons (Fsp3) is 0.667. The lowest BCUT2D eigenvalue weighted by atomic mass is 9.53. The van der Waals surface area contributed by atoms with Crippen LogP contribution in [-0.2, 0) is 9.53 Å². The van der Waals surface area contributed by atoms with Crippen molar-refractivity contribution in [1.29, 1.82) is 0 Å². The fourth-order valence-corrected chi connectivity index (χ4v) is 5.29. The summed E-state index contributed by atoms with van der Waals surface area (Å²) in [7, 11) is 0. The van der Waals surface area contributed by atoms with Crippen LogP contribution in [0.1, 0.15) is 56.0 Å². The van der Waals surface area contributed by atoms with Crippen molar-refractivity contribution in [3.63, 3.8) is 0 Å². The van der Waals surface area contributed by atoms with E-state index in [1.807, 2.05) is 0 Å². The average Bonchev–Trinajstić information content (AvgIpc) is 2.99. The normalized spacial score (nSPS) is 35.8. The Morgan fingerprint density at radius 3 is 2.35 bits per heavy atom. The summed E-state index contributed by atoms with van der Waals surface area (Å²) in [4.78, 5) is 24.4. The Kier molecular flexibility index (Phi) is 3.47. The van der Waals surface area contributed by atoms with Gasteiger partial charge in [-0.1, -0.05) is 0 Å². The van der Waals surface area contributed by atoms with Crippen molar-refractivity contribution in [2.24, 2.45) is 17.8 Å². The largest absolute Gasteiger partial charge is 0.457 e. The highest BCUT2D eigenvalue weighted by molar-refractivity contribution is 5.90. The molecule has 4 saturated carbocycles. The van der Waals surface area contributed by atoms with E-state index in [0.717, 1.165) is 37.0 Å². The van der Waals surface area contributed by atoms with E-state index >= 15 is 0 Å². The monoisotopic (exact) mass is 317 g/mol. The molecule has 1 aromatic heterocycles. The van der Waals surface area contributed by atoms with E-state index in [4.69, 9.17) is 9.15 Å². The van der Waals surface area contributed by atoms with Crippen LogP contribution < -0.4 is 5.32 Å². The van der Waals surface area contributed by atoms with Crippen LogP contribution in [0.4, 0.5) is 0 Å². The number of furan rings is 1. The summed E-state index contributed by atoms with van der Waals surface area (Å²) in [6.07, 6.45) is 7.86. The van der Waals surface area contributed by atoms with E-state index in [1.54, 1.807) is 13.0 Å². The molecule has 0 saturated heterocycles. The molecule has 0 aliphatic heterocycles. The first-order valence-corrected chi connectivity index (χ1v) is 8.59. The first-order valence-electron chi connectivity index (χ1n) is 8.59. The molecular formula is C18H23NO4. The Morgan fingerprint density at radius 1 is 1.22 bits per heavy atom. The molecular weight excluding hydrogens is 294 g/mol. The van der Waals surface area contributed by atoms with Crippen molar-refractivity contribution in [2.45, 2.75) is 57.1 Å². The lowest BCUT2D eigenvalue weighted by Crippen LogP contribution is -2.61. The molecule has 1 amide bonds. The van der Waals surface area contributed by atoms with Gasteiger partial charge in [0.25, 0.3) is 5.91 Å². The number of esters is 1. The van der Waals surface area contributed by atoms with Gasteiger partial charge in [0, 0.05) is 5.54 Å². The summed E-state index contributed by atoms with van der Waals surface area (Å²) < 4.78 is 10.2. The van der Waals surface area contributed by atoms with Crippen molar-refractivity contribution in [3.8, 4) is 0 Å². The van der Waals surface area contributed by atoms with E-state index in [2.05, 4.69) is 5.32 Å². The second kappa shape index (κ2) is 5.39. The number of ether oxygens (including phenoxy) is 1. The summed E-state index contributed by atoms with van der Waals surface area (Å²) in [6.45, 7) is 1.62. The maximum Gasteiger partial charge on any atom is 0.374 e. The summed E-state index contributed by atoms with van der Waals surface area (Å²) in [6, 6.07) is 3.16. The highest BCUT2D eigenvalue weighted by atomic mass is 16.6. The lowest BCUT2D eigenvalue weighted by Gasteiger charge is -2.57. The summed E-state index contributed by atoms with van der Waals surface area (Å²) in [5.74, 6) is 1.64. The van der Waals surface area contributed by atoms with Crippen molar-refractivity contribution in [3.05, 3.63) is 24.2 Å². The molecule has 5 rings (SSSR count). The van der Waals surface area contributed by atoms with Gasteiger partial charge in [0.2, 0.25) is 5.76 Å². The highest BCUT2D eigenvalue weighted by Gasteiger charge is 2.51. The van der Waals surface area contributed by atoms with Crippen LogP contribution in [0.5, 0.6) is 0 Å². The Bertz CT molecular complexity index is 571. The van der Waals surface area contributed by atoms with E-state index in [0.29, 0.717) is 0 Å². The Morgan fingerprint density at radius 2 is 1.83 bits per heavy atom. The first kappa shape index (κ1) is 14.8. The molecule has 1 atom stereocenters. The van der Waals surface area contributed by atoms with E-state index < -0.39 is 12.1 Å². The van der Waals surface area contributed by atoms with Gasteiger partial charge in [-0.25, -0.2) is 4.79 Å². The Labute approximate surface area is 135 Å². The molecule has 4 aliphatic carbocycles. The number of carbonyl (C=O) groups excluding carboxylic acids is 2. The highest BCUT2D eigenvalue weighted by Crippen LogP contribution is 2.55. The molecule has 23 heavy (non-hydrogen) atoms. The van der Waals surface area contributed by atoms with Crippen LogP contribution in [0, 0.1) is 17.8 Å². The maximum atomic E-state index is 12.5. The lowest BCUT2D eigenvalue weighted by molar-refractivity contribution is -0.135. The molecule has 1 heterocycles. The first-order chi connectivity index (χ1) is 11.0. The van der Waals surface area contributed by atoms with Crippen LogP contribution >= 0.6 is 0 Å². The van der Waals surface area contributed by atoms with Gasteiger partial charge >= 0.3 is 5.97 Å². The smallest absolute Gasteiger partial charge is 0.374 e. The number of rotatable bonds is 4. The van der Waals surface area contributed by atoms with Gasteiger partial charge in [0.1, 0.15) is 0 Å². The molecule has 1 aromatic rings. The van der Waals surface area contributed by atoms with Crippen LogP contribution in [-0.4, -0.2) is 23.5 Å². The third-order valence-corrected chi connectivity index (χ3v) is 5.80. The molecule has 0 spiro atoms. The molecule has 124 valence electrons. The van der Waals surface area contributed by atoms with Gasteiger partial charge < -0.3 is 14.5 Å². The SMILES string of the molecule is C[C@@H](OC(=O)c1ccco1)C(=O)NC12CC3CC(CC(C3)C1)C2. The van der Waals surface area contributed by atoms with E-state index in [1.165, 1.54) is 31.6 Å². The zero-order valence-corrected chi connectivity index (χ0v) is 13.4. The van der Waals surface area contributed by atoms with Crippen LogP contribution in [0.2, 0.25) is 0 Å². The van der Waals surface area contributed by atoms with Crippen molar-refractivity contribution in [2.75, 3.05) is 0 Å². The molecule has 4 bridgehead atoms. The van der Waals surface area contributed by atoms with E-state index in [9.17, 15) is 9.59 Å². The van der Waals surface area contributed by atoms with Gasteiger partial charge in [0.05, 0.1) is 6.26 Å². The molecule has 5 heteroatoms. The molecule has 0 aromatic carbocycles. The average molecular weight is 317 g/mol. The minimum Gasteiger partial charge on any atom is -0.457 e. The summed E-state index contributed by atoms with van der Waals surface area (Å²) >= 11 is 0.